The highest BCUT2D eigenvalue weighted by Crippen LogP contribution is 2.46. The van der Waals surface area contributed by atoms with Crippen LogP contribution in [-0.2, 0) is 36.9 Å². The van der Waals surface area contributed by atoms with Crippen LogP contribution in [0.15, 0.2) is 32.8 Å². The summed E-state index contributed by atoms with van der Waals surface area (Å²) in [6.07, 6.45) is 4.81. The van der Waals surface area contributed by atoms with Gasteiger partial charge in [0.15, 0.2) is 6.23 Å². The maximum absolute atomic E-state index is 13.9. The molecule has 0 spiro atoms. The second-order valence-electron chi connectivity index (χ2n) is 16.3. The third-order valence-electron chi connectivity index (χ3n) is 11.2. The molecule has 2 aliphatic rings. The van der Waals surface area contributed by atoms with Crippen LogP contribution in [0.1, 0.15) is 135 Å². The summed E-state index contributed by atoms with van der Waals surface area (Å²) in [7, 11) is -10.7. The Labute approximate surface area is 370 Å². The van der Waals surface area contributed by atoms with Gasteiger partial charge in [0.2, 0.25) is 5.82 Å². The summed E-state index contributed by atoms with van der Waals surface area (Å²) in [6.45, 7) is 0.449. The van der Waals surface area contributed by atoms with Gasteiger partial charge in [0.25, 0.3) is 13.4 Å². The first-order valence-electron chi connectivity index (χ1n) is 22.1. The van der Waals surface area contributed by atoms with Crippen molar-refractivity contribution in [2.75, 3.05) is 25.6 Å². The number of nitrogens with one attached hydrogen (secondary N) is 1. The quantitative estimate of drug-likeness (QED) is 0.0422. The van der Waals surface area contributed by atoms with E-state index in [-0.39, 0.29) is 18.8 Å². The van der Waals surface area contributed by atoms with E-state index in [0.717, 1.165) is 36.4 Å². The van der Waals surface area contributed by atoms with Gasteiger partial charge < -0.3 is 54.5 Å². The van der Waals surface area contributed by atoms with E-state index >= 15 is 0 Å². The van der Waals surface area contributed by atoms with Crippen LogP contribution in [0, 0.1) is 5.82 Å². The molecule has 0 aliphatic carbocycles. The fraction of sp³-hybridized carbons (Fsp3) is 0.795. The van der Waals surface area contributed by atoms with E-state index in [1.807, 2.05) is 0 Å². The van der Waals surface area contributed by atoms with Gasteiger partial charge in [-0.1, -0.05) is 103 Å². The number of nitrogen functional groups attached to an aromatic ring is 1. The number of hydrogen-bond donors (Lipinski definition) is 7. The highest BCUT2D eigenvalue weighted by atomic mass is 31.2. The zero-order valence-corrected chi connectivity index (χ0v) is 37.9. The number of phosphoric ester groups is 2. The van der Waals surface area contributed by atoms with Gasteiger partial charge in [0.05, 0.1) is 37.7 Å². The minimum atomic E-state index is -5.61. The molecule has 25 heteroatoms. The number of nitrogens with two attached hydrogens (primary N) is 1. The second kappa shape index (κ2) is 26.6. The molecule has 2 fully saturated rings. The average molecular weight is 957 g/mol. The van der Waals surface area contributed by atoms with Crippen molar-refractivity contribution in [2.45, 2.75) is 178 Å². The number of anilines is 1. The van der Waals surface area contributed by atoms with E-state index < -0.39 is 113 Å². The van der Waals surface area contributed by atoms with Gasteiger partial charge in [-0.15, -0.1) is 0 Å². The summed E-state index contributed by atoms with van der Waals surface area (Å²) in [4.78, 5) is 74.0. The standard InChI is InChI=1S/C39H66FN5O17P2/c1-2-3-4-5-6-7-8-9-10-11-12-13-14-15-16-17-20-57-31(25-59-64(55,56)58-24-30-27(46)21-33(60-30)45-23-26(40)36(49)43-39(45)51)28(62-63(52,53)54)22-29-34(47)35(48)37(61-29)44-19-18-32(41)42-38(44)50/h18-19,23,27-31,33-35,37,46-48H,2-17,20-22,24-25H2,1H3,(H,55,56)(H2,41,42,50)(H,43,49,51)(H2,52,53,54)/p-1. The van der Waals surface area contributed by atoms with E-state index in [2.05, 4.69) is 11.9 Å². The van der Waals surface area contributed by atoms with Gasteiger partial charge >= 0.3 is 19.2 Å². The van der Waals surface area contributed by atoms with Gasteiger partial charge in [0, 0.05) is 25.6 Å². The van der Waals surface area contributed by atoms with Crippen molar-refractivity contribution >= 4 is 21.5 Å². The fourth-order valence-corrected chi connectivity index (χ4v) is 8.98. The molecule has 0 radical (unpaired) electrons. The number of aromatic nitrogens is 4. The molecule has 11 unspecified atom stereocenters. The summed E-state index contributed by atoms with van der Waals surface area (Å²) in [5.74, 6) is -1.42. The zero-order valence-electron chi connectivity index (χ0n) is 36.1. The van der Waals surface area contributed by atoms with Gasteiger partial charge in [-0.25, -0.2) is 14.2 Å². The zero-order chi connectivity index (χ0) is 46.9. The van der Waals surface area contributed by atoms with Crippen molar-refractivity contribution in [2.24, 2.45) is 0 Å². The molecular formula is C39H65FN5O17P2-. The van der Waals surface area contributed by atoms with Crippen LogP contribution < -0.4 is 27.6 Å². The number of rotatable bonds is 31. The normalized spacial score (nSPS) is 25.3. The lowest BCUT2D eigenvalue weighted by Gasteiger charge is -2.32. The van der Waals surface area contributed by atoms with Crippen molar-refractivity contribution < 1.29 is 71.3 Å². The summed E-state index contributed by atoms with van der Waals surface area (Å²) in [6, 6.07) is 1.24. The molecule has 2 aromatic rings. The lowest BCUT2D eigenvalue weighted by atomic mass is 10.0. The molecule has 0 amide bonds. The molecule has 0 bridgehead atoms. The topological polar surface area (TPSA) is 330 Å². The maximum atomic E-state index is 13.9. The predicted molar refractivity (Wildman–Crippen MR) is 225 cm³/mol. The highest BCUT2D eigenvalue weighted by Gasteiger charge is 2.47. The molecule has 366 valence electrons. The number of ether oxygens (including phenoxy) is 3. The van der Waals surface area contributed by atoms with E-state index in [9.17, 15) is 57.9 Å². The number of phosphoric acid groups is 2. The molecule has 2 aromatic heterocycles. The lowest BCUT2D eigenvalue weighted by molar-refractivity contribution is -0.230. The molecule has 0 saturated carbocycles. The van der Waals surface area contributed by atoms with Gasteiger partial charge in [-0.2, -0.15) is 9.37 Å². The van der Waals surface area contributed by atoms with Crippen LogP contribution >= 0.6 is 15.6 Å². The van der Waals surface area contributed by atoms with Gasteiger partial charge in [-0.3, -0.25) is 32.5 Å². The van der Waals surface area contributed by atoms with Gasteiger partial charge in [0.1, 0.15) is 36.5 Å². The van der Waals surface area contributed by atoms with E-state index in [1.165, 1.54) is 70.3 Å². The summed E-state index contributed by atoms with van der Waals surface area (Å²) >= 11 is 0. The van der Waals surface area contributed by atoms with Crippen LogP contribution in [0.3, 0.4) is 0 Å². The average Bonchev–Trinajstić information content (AvgIpc) is 3.73. The number of aliphatic hydroxyl groups is 3. The SMILES string of the molecule is CCCCCCCCCCCCCCCCCCOC(COP(=O)(O)OCC1OC(n2cc(F)c(=O)[nH]c2=O)CC1O)C(CC1OC(n2ccc(N)nc2=O)C(O)C1O)OP(=O)([O-])O. The molecule has 11 atom stereocenters. The van der Waals surface area contributed by atoms with Crippen molar-refractivity contribution in [3.05, 3.63) is 55.6 Å². The van der Waals surface area contributed by atoms with Crippen molar-refractivity contribution in [1.29, 1.82) is 0 Å². The highest BCUT2D eigenvalue weighted by molar-refractivity contribution is 7.47. The Morgan fingerprint density at radius 1 is 0.875 bits per heavy atom. The van der Waals surface area contributed by atoms with Crippen molar-refractivity contribution in [1.82, 2.24) is 19.1 Å². The summed E-state index contributed by atoms with van der Waals surface area (Å²) in [5, 5.41) is 32.2. The Morgan fingerprint density at radius 2 is 1.47 bits per heavy atom. The molecule has 0 aromatic carbocycles. The molecular weight excluding hydrogens is 891 g/mol. The third-order valence-corrected chi connectivity index (χ3v) is 12.7. The number of aliphatic hydroxyl groups excluding tert-OH is 3. The number of aromatic amines is 1. The number of hydrogen-bond acceptors (Lipinski definition) is 17. The summed E-state index contributed by atoms with van der Waals surface area (Å²) in [5.41, 5.74) is 2.32. The number of H-pyrrole nitrogens is 1. The van der Waals surface area contributed by atoms with Gasteiger partial charge in [-0.05, 0) is 12.5 Å². The molecule has 22 nitrogen and oxygen atoms in total. The fourth-order valence-electron chi connectivity index (χ4n) is 7.67. The molecule has 2 aliphatic heterocycles. The molecule has 64 heavy (non-hydrogen) atoms. The van der Waals surface area contributed by atoms with E-state index in [0.29, 0.717) is 23.6 Å². The minimum Gasteiger partial charge on any atom is -0.756 e. The lowest BCUT2D eigenvalue weighted by Crippen LogP contribution is -2.41. The summed E-state index contributed by atoms with van der Waals surface area (Å²) < 4.78 is 73.0. The second-order valence-corrected chi connectivity index (χ2v) is 18.9. The Hall–Kier alpha value is -2.73. The van der Waals surface area contributed by atoms with Crippen molar-refractivity contribution in [3.8, 4) is 0 Å². The van der Waals surface area contributed by atoms with E-state index in [1.54, 1.807) is 4.98 Å². The monoisotopic (exact) mass is 956 g/mol. The molecule has 2 saturated heterocycles. The first-order valence-corrected chi connectivity index (χ1v) is 25.0. The first-order chi connectivity index (χ1) is 30.4. The number of halogens is 1. The number of nitrogens with zero attached hydrogens (tertiary/aromatic N) is 3. The van der Waals surface area contributed by atoms with Crippen LogP contribution in [0.5, 0.6) is 0 Å². The van der Waals surface area contributed by atoms with Crippen LogP contribution in [0.25, 0.3) is 0 Å². The van der Waals surface area contributed by atoms with E-state index in [4.69, 9.17) is 33.5 Å². The largest absolute Gasteiger partial charge is 0.756 e. The molecule has 8 N–H and O–H groups in total. The Morgan fingerprint density at radius 3 is 2.05 bits per heavy atom. The van der Waals surface area contributed by atoms with Crippen LogP contribution in [0.2, 0.25) is 0 Å². The number of unbranched alkanes of at least 4 members (excludes halogenated alkanes) is 15. The molecule has 4 heterocycles. The Kier molecular flexibility index (Phi) is 22.4. The first kappa shape index (κ1) is 53.9. The smallest absolute Gasteiger partial charge is 0.472 e. The minimum absolute atomic E-state index is 0.0441. The molecule has 4 rings (SSSR count). The van der Waals surface area contributed by atoms with Crippen LogP contribution in [0.4, 0.5) is 10.2 Å². The Balaban J connectivity index is 1.35. The van der Waals surface area contributed by atoms with Crippen LogP contribution in [-0.4, -0.2) is 107 Å². The Bertz CT molecular complexity index is 1990. The van der Waals surface area contributed by atoms with Crippen molar-refractivity contribution in [3.63, 3.8) is 0 Å². The third kappa shape index (κ3) is 17.8. The predicted octanol–water partition coefficient (Wildman–Crippen LogP) is 2.80. The maximum Gasteiger partial charge on any atom is 0.472 e.